The van der Waals surface area contributed by atoms with Gasteiger partial charge in [0.2, 0.25) is 0 Å². The van der Waals surface area contributed by atoms with Gasteiger partial charge in [0.25, 0.3) is 0 Å². The van der Waals surface area contributed by atoms with E-state index < -0.39 is 0 Å². The molecule has 0 saturated carbocycles. The molecule has 0 spiro atoms. The van der Waals surface area contributed by atoms with Crippen molar-refractivity contribution >= 4 is 5.69 Å². The molecular weight excluding hydrogens is 293 g/mol. The monoisotopic (exact) mass is 311 g/mol. The summed E-state index contributed by atoms with van der Waals surface area (Å²) in [6.07, 6.45) is 5.26. The first-order chi connectivity index (χ1) is 11.2. The van der Waals surface area contributed by atoms with Crippen LogP contribution >= 0.6 is 0 Å². The van der Waals surface area contributed by atoms with E-state index in [-0.39, 0.29) is 23.5 Å². The minimum Gasteiger partial charge on any atom is -0.504 e. The maximum Gasteiger partial charge on any atom is 0.160 e. The number of benzene rings is 2. The molecule has 1 aliphatic carbocycles. The number of anilines is 1. The van der Waals surface area contributed by atoms with Crippen LogP contribution in [0, 0.1) is 11.7 Å². The van der Waals surface area contributed by atoms with E-state index in [2.05, 4.69) is 17.5 Å². The molecule has 0 saturated heterocycles. The van der Waals surface area contributed by atoms with E-state index in [4.69, 9.17) is 4.74 Å². The quantitative estimate of drug-likeness (QED) is 0.809. The highest BCUT2D eigenvalue weighted by atomic mass is 19.1. The zero-order valence-corrected chi connectivity index (χ0v) is 12.8. The molecule has 1 heterocycles. The van der Waals surface area contributed by atoms with Crippen molar-refractivity contribution in [1.82, 2.24) is 0 Å². The fourth-order valence-electron chi connectivity index (χ4n) is 3.81. The van der Waals surface area contributed by atoms with E-state index >= 15 is 0 Å². The third kappa shape index (κ3) is 2.17. The van der Waals surface area contributed by atoms with Crippen molar-refractivity contribution in [1.29, 1.82) is 0 Å². The van der Waals surface area contributed by atoms with Crippen LogP contribution in [-0.4, -0.2) is 12.2 Å². The number of hydrogen-bond donors (Lipinski definition) is 2. The number of allylic oxidation sites excluding steroid dienone is 2. The molecule has 0 bridgehead atoms. The standard InChI is InChI=1S/C19H18FNO2/c1-23-17-9-8-11(10-16(17)22)18-13-5-2-4-12(13)14-6-3-7-15(20)19(14)21-18/h2-4,6-10,12-13,18,21-22H,5H2,1H3. The predicted molar refractivity (Wildman–Crippen MR) is 87.4 cm³/mol. The first-order valence-corrected chi connectivity index (χ1v) is 7.77. The molecule has 4 rings (SSSR count). The van der Waals surface area contributed by atoms with Crippen molar-refractivity contribution < 1.29 is 14.2 Å². The summed E-state index contributed by atoms with van der Waals surface area (Å²) >= 11 is 0. The fraction of sp³-hybridized carbons (Fsp3) is 0.263. The summed E-state index contributed by atoms with van der Waals surface area (Å²) in [5.74, 6) is 0.836. The second-order valence-electron chi connectivity index (χ2n) is 6.11. The molecule has 1 aliphatic heterocycles. The first kappa shape index (κ1) is 14.1. The highest BCUT2D eigenvalue weighted by Gasteiger charge is 2.38. The number of methoxy groups -OCH3 is 1. The van der Waals surface area contributed by atoms with Gasteiger partial charge >= 0.3 is 0 Å². The zero-order chi connectivity index (χ0) is 16.0. The Labute approximate surface area is 134 Å². The largest absolute Gasteiger partial charge is 0.504 e. The van der Waals surface area contributed by atoms with Crippen molar-refractivity contribution in [3.8, 4) is 11.5 Å². The van der Waals surface area contributed by atoms with Crippen LogP contribution in [0.2, 0.25) is 0 Å². The Hall–Kier alpha value is -2.49. The summed E-state index contributed by atoms with van der Waals surface area (Å²) in [5.41, 5.74) is 2.52. The van der Waals surface area contributed by atoms with Gasteiger partial charge < -0.3 is 15.2 Å². The highest BCUT2D eigenvalue weighted by Crippen LogP contribution is 2.50. The number of fused-ring (bicyclic) bond motifs is 3. The number of rotatable bonds is 2. The van der Waals surface area contributed by atoms with Crippen LogP contribution in [0.25, 0.3) is 0 Å². The van der Waals surface area contributed by atoms with Crippen LogP contribution in [0.1, 0.15) is 29.5 Å². The lowest BCUT2D eigenvalue weighted by molar-refractivity contribution is 0.370. The number of ether oxygens (including phenoxy) is 1. The van der Waals surface area contributed by atoms with Gasteiger partial charge in [0.1, 0.15) is 5.82 Å². The van der Waals surface area contributed by atoms with Crippen LogP contribution in [0.5, 0.6) is 11.5 Å². The van der Waals surface area contributed by atoms with Crippen molar-refractivity contribution in [3.63, 3.8) is 0 Å². The van der Waals surface area contributed by atoms with E-state index in [0.717, 1.165) is 17.5 Å². The molecule has 4 heteroatoms. The Bertz CT molecular complexity index is 787. The van der Waals surface area contributed by atoms with Gasteiger partial charge in [-0.25, -0.2) is 4.39 Å². The molecule has 0 fully saturated rings. The van der Waals surface area contributed by atoms with Gasteiger partial charge in [-0.2, -0.15) is 0 Å². The van der Waals surface area contributed by atoms with Gasteiger partial charge in [0.15, 0.2) is 11.5 Å². The smallest absolute Gasteiger partial charge is 0.160 e. The summed E-state index contributed by atoms with van der Waals surface area (Å²) < 4.78 is 19.4. The third-order valence-corrected chi connectivity index (χ3v) is 4.91. The highest BCUT2D eigenvalue weighted by molar-refractivity contribution is 5.61. The van der Waals surface area contributed by atoms with Gasteiger partial charge in [-0.1, -0.05) is 30.4 Å². The van der Waals surface area contributed by atoms with E-state index in [0.29, 0.717) is 17.4 Å². The third-order valence-electron chi connectivity index (χ3n) is 4.91. The van der Waals surface area contributed by atoms with E-state index in [1.54, 1.807) is 18.2 Å². The van der Waals surface area contributed by atoms with Crippen LogP contribution in [0.15, 0.2) is 48.6 Å². The van der Waals surface area contributed by atoms with E-state index in [1.165, 1.54) is 13.2 Å². The Balaban J connectivity index is 1.78. The molecule has 2 aromatic rings. The van der Waals surface area contributed by atoms with E-state index in [1.807, 2.05) is 12.1 Å². The summed E-state index contributed by atoms with van der Waals surface area (Å²) in [7, 11) is 1.52. The van der Waals surface area contributed by atoms with Crippen LogP contribution in [-0.2, 0) is 0 Å². The van der Waals surface area contributed by atoms with Gasteiger partial charge in [-0.05, 0) is 41.7 Å². The number of aromatic hydroxyl groups is 1. The van der Waals surface area contributed by atoms with Gasteiger partial charge in [-0.15, -0.1) is 0 Å². The van der Waals surface area contributed by atoms with Crippen LogP contribution in [0.3, 0.4) is 0 Å². The first-order valence-electron chi connectivity index (χ1n) is 7.77. The van der Waals surface area contributed by atoms with Crippen molar-refractivity contribution in [2.45, 2.75) is 18.4 Å². The molecule has 0 radical (unpaired) electrons. The number of halogens is 1. The van der Waals surface area contributed by atoms with Gasteiger partial charge in [-0.3, -0.25) is 0 Å². The second kappa shape index (κ2) is 5.30. The predicted octanol–water partition coefficient (Wildman–Crippen LogP) is 4.37. The molecule has 3 nitrogen and oxygen atoms in total. The fourth-order valence-corrected chi connectivity index (χ4v) is 3.81. The van der Waals surface area contributed by atoms with Gasteiger partial charge in [0, 0.05) is 5.92 Å². The number of para-hydroxylation sites is 1. The molecule has 0 aromatic heterocycles. The summed E-state index contributed by atoms with van der Waals surface area (Å²) in [5, 5.41) is 13.4. The number of phenols is 1. The Morgan fingerprint density at radius 2 is 2.13 bits per heavy atom. The second-order valence-corrected chi connectivity index (χ2v) is 6.11. The normalized spacial score (nSPS) is 24.7. The summed E-state index contributed by atoms with van der Waals surface area (Å²) in [4.78, 5) is 0. The van der Waals surface area contributed by atoms with Crippen molar-refractivity contribution in [2.75, 3.05) is 12.4 Å². The Morgan fingerprint density at radius 1 is 1.26 bits per heavy atom. The maximum absolute atomic E-state index is 14.3. The summed E-state index contributed by atoms with van der Waals surface area (Å²) in [6.45, 7) is 0. The Kier molecular flexibility index (Phi) is 3.26. The average molecular weight is 311 g/mol. The molecule has 2 aliphatic rings. The lowest BCUT2D eigenvalue weighted by Gasteiger charge is -2.37. The maximum atomic E-state index is 14.3. The molecule has 118 valence electrons. The Morgan fingerprint density at radius 3 is 2.91 bits per heavy atom. The number of hydrogen-bond acceptors (Lipinski definition) is 3. The molecule has 23 heavy (non-hydrogen) atoms. The SMILES string of the molecule is COc1ccc(C2Nc3c(F)cccc3C3C=CCC32)cc1O. The lowest BCUT2D eigenvalue weighted by Crippen LogP contribution is -2.29. The lowest BCUT2D eigenvalue weighted by atomic mass is 9.77. The molecule has 0 amide bonds. The molecule has 3 unspecified atom stereocenters. The minimum atomic E-state index is -0.232. The molecular formula is C19H18FNO2. The van der Waals surface area contributed by atoms with Crippen LogP contribution < -0.4 is 10.1 Å². The van der Waals surface area contributed by atoms with E-state index in [9.17, 15) is 9.50 Å². The topological polar surface area (TPSA) is 41.5 Å². The van der Waals surface area contributed by atoms with Crippen molar-refractivity contribution in [2.24, 2.45) is 5.92 Å². The molecule has 3 atom stereocenters. The summed E-state index contributed by atoms with van der Waals surface area (Å²) in [6, 6.07) is 10.6. The van der Waals surface area contributed by atoms with Gasteiger partial charge in [0.05, 0.1) is 18.8 Å². The van der Waals surface area contributed by atoms with Crippen molar-refractivity contribution in [3.05, 3.63) is 65.5 Å². The molecule has 2 aromatic carbocycles. The zero-order valence-electron chi connectivity index (χ0n) is 12.8. The van der Waals surface area contributed by atoms with Crippen LogP contribution in [0.4, 0.5) is 10.1 Å². The number of phenolic OH excluding ortho intramolecular Hbond substituents is 1. The molecule has 2 N–H and O–H groups in total. The average Bonchev–Trinajstić information content (AvgIpc) is 3.04. The number of nitrogens with one attached hydrogen (secondary N) is 1. The minimum absolute atomic E-state index is 0.0452.